The van der Waals surface area contributed by atoms with E-state index in [9.17, 15) is 9.59 Å². The fraction of sp³-hybridized carbons (Fsp3) is 0.714. The molecule has 0 amide bonds. The van der Waals surface area contributed by atoms with Crippen LogP contribution in [0.5, 0.6) is 0 Å². The van der Waals surface area contributed by atoms with E-state index < -0.39 is 17.7 Å². The quantitative estimate of drug-likeness (QED) is 0.861. The molecular weight excluding hydrogens is 276 g/mol. The molecule has 1 N–H and O–H groups in total. The summed E-state index contributed by atoms with van der Waals surface area (Å²) >= 11 is 0. The first kappa shape index (κ1) is 14.5. The number of hydrogen-bond acceptors (Lipinski definition) is 5. The zero-order valence-corrected chi connectivity index (χ0v) is 12.4. The maximum atomic E-state index is 12.0. The number of rotatable bonds is 2. The predicted molar refractivity (Wildman–Crippen MR) is 74.1 cm³/mol. The highest BCUT2D eigenvalue weighted by Crippen LogP contribution is 2.36. The molecule has 0 aromatic carbocycles. The van der Waals surface area contributed by atoms with Crippen molar-refractivity contribution >= 4 is 0 Å². The van der Waals surface area contributed by atoms with Crippen molar-refractivity contribution in [2.75, 3.05) is 6.61 Å². The second-order valence-electron chi connectivity index (χ2n) is 5.91. The first-order chi connectivity index (χ1) is 9.89. The van der Waals surface area contributed by atoms with Crippen molar-refractivity contribution in [1.82, 2.24) is 9.55 Å². The number of aromatic amines is 1. The van der Waals surface area contributed by atoms with Crippen molar-refractivity contribution in [1.29, 1.82) is 0 Å². The average Bonchev–Trinajstić information content (AvgIpc) is 2.80. The van der Waals surface area contributed by atoms with Crippen LogP contribution in [0.1, 0.15) is 39.0 Å². The number of nitrogens with zero attached hydrogens (tertiary/aromatic N) is 1. The van der Waals surface area contributed by atoms with Crippen LogP contribution in [0.15, 0.2) is 15.8 Å². The van der Waals surface area contributed by atoms with E-state index in [2.05, 4.69) is 4.98 Å². The van der Waals surface area contributed by atoms with Crippen LogP contribution < -0.4 is 11.2 Å². The Kier molecular flexibility index (Phi) is 3.51. The molecule has 3 rings (SSSR count). The second-order valence-corrected chi connectivity index (χ2v) is 5.91. The first-order valence-corrected chi connectivity index (χ1v) is 7.21. The lowest BCUT2D eigenvalue weighted by Crippen LogP contribution is -2.46. The Morgan fingerprint density at radius 3 is 2.86 bits per heavy atom. The third kappa shape index (κ3) is 2.68. The van der Waals surface area contributed by atoms with Crippen LogP contribution in [0, 0.1) is 0 Å². The second kappa shape index (κ2) is 5.08. The van der Waals surface area contributed by atoms with E-state index in [1.165, 1.54) is 4.57 Å². The third-order valence-corrected chi connectivity index (χ3v) is 3.94. The molecule has 0 bridgehead atoms. The molecule has 2 saturated heterocycles. The van der Waals surface area contributed by atoms with Crippen LogP contribution in [-0.4, -0.2) is 34.2 Å². The fourth-order valence-corrected chi connectivity index (χ4v) is 2.82. The summed E-state index contributed by atoms with van der Waals surface area (Å²) in [7, 11) is 0. The Morgan fingerprint density at radius 2 is 2.14 bits per heavy atom. The lowest BCUT2D eigenvalue weighted by Gasteiger charge is -2.36. The van der Waals surface area contributed by atoms with Crippen molar-refractivity contribution in [2.45, 2.75) is 57.8 Å². The summed E-state index contributed by atoms with van der Waals surface area (Å²) in [6.07, 6.45) is 1.96. The van der Waals surface area contributed by atoms with Crippen molar-refractivity contribution < 1.29 is 14.2 Å². The average molecular weight is 296 g/mol. The molecule has 0 saturated carbocycles. The predicted octanol–water partition coefficient (Wildman–Crippen LogP) is 0.538. The molecule has 1 aromatic heterocycles. The van der Waals surface area contributed by atoms with E-state index in [1.807, 2.05) is 20.8 Å². The van der Waals surface area contributed by atoms with Crippen LogP contribution in [0.25, 0.3) is 0 Å². The molecule has 1 aromatic rings. The van der Waals surface area contributed by atoms with Crippen molar-refractivity contribution in [3.8, 4) is 0 Å². The van der Waals surface area contributed by atoms with Crippen molar-refractivity contribution in [3.05, 3.63) is 32.6 Å². The van der Waals surface area contributed by atoms with Crippen molar-refractivity contribution in [2.24, 2.45) is 0 Å². The molecule has 7 nitrogen and oxygen atoms in total. The number of H-pyrrole nitrogens is 1. The molecule has 3 atom stereocenters. The van der Waals surface area contributed by atoms with Gasteiger partial charge in [-0.15, -0.1) is 0 Å². The monoisotopic (exact) mass is 296 g/mol. The van der Waals surface area contributed by atoms with Gasteiger partial charge < -0.3 is 14.2 Å². The van der Waals surface area contributed by atoms with Gasteiger partial charge in [-0.25, -0.2) is 4.79 Å². The highest BCUT2D eigenvalue weighted by molar-refractivity contribution is 5.05. The summed E-state index contributed by atoms with van der Waals surface area (Å²) in [6.45, 7) is 6.02. The van der Waals surface area contributed by atoms with Crippen LogP contribution in [0.3, 0.4) is 0 Å². The Labute approximate surface area is 121 Å². The lowest BCUT2D eigenvalue weighted by molar-refractivity contribution is -0.293. The van der Waals surface area contributed by atoms with Crippen LogP contribution in [-0.2, 0) is 20.6 Å². The molecule has 0 spiro atoms. The molecule has 0 radical (unpaired) electrons. The van der Waals surface area contributed by atoms with Crippen LogP contribution in [0.4, 0.5) is 0 Å². The Morgan fingerprint density at radius 1 is 1.38 bits per heavy atom. The van der Waals surface area contributed by atoms with Gasteiger partial charge in [-0.05, 0) is 20.3 Å². The molecule has 0 aliphatic carbocycles. The van der Waals surface area contributed by atoms with Crippen LogP contribution >= 0.6 is 0 Å². The number of fused-ring (bicyclic) bond motifs is 1. The molecule has 0 unspecified atom stereocenters. The summed E-state index contributed by atoms with van der Waals surface area (Å²) in [5.41, 5.74) is -0.235. The van der Waals surface area contributed by atoms with Gasteiger partial charge in [0.15, 0.2) is 5.79 Å². The highest BCUT2D eigenvalue weighted by Gasteiger charge is 2.44. The summed E-state index contributed by atoms with van der Waals surface area (Å²) in [4.78, 5) is 25.9. The smallest absolute Gasteiger partial charge is 0.330 e. The number of aryl methyl sites for hydroxylation is 1. The number of aromatic nitrogens is 2. The number of hydrogen-bond donors (Lipinski definition) is 1. The molecule has 2 aliphatic heterocycles. The van der Waals surface area contributed by atoms with Gasteiger partial charge in [-0.2, -0.15) is 0 Å². The Bertz CT molecular complexity index is 647. The van der Waals surface area contributed by atoms with Gasteiger partial charge in [0.25, 0.3) is 5.56 Å². The minimum atomic E-state index is -0.635. The molecule has 2 aliphatic rings. The molecule has 3 heterocycles. The summed E-state index contributed by atoms with van der Waals surface area (Å²) in [5, 5.41) is 0. The number of ether oxygens (including phenoxy) is 3. The van der Waals surface area contributed by atoms with E-state index in [0.29, 0.717) is 25.0 Å². The molecular formula is C14H20N2O5. The fourth-order valence-electron chi connectivity index (χ4n) is 2.82. The van der Waals surface area contributed by atoms with Gasteiger partial charge in [0.2, 0.25) is 0 Å². The summed E-state index contributed by atoms with van der Waals surface area (Å²) < 4.78 is 18.7. The van der Waals surface area contributed by atoms with Gasteiger partial charge in [0.1, 0.15) is 12.3 Å². The SMILES string of the molecule is CCc1cn([C@H]2C[C@@H]3OC(C)(C)OC[C@@H]3O2)c(=O)[nH]c1=O. The summed E-state index contributed by atoms with van der Waals surface area (Å²) in [6, 6.07) is 0. The topological polar surface area (TPSA) is 82.6 Å². The highest BCUT2D eigenvalue weighted by atomic mass is 16.7. The maximum absolute atomic E-state index is 12.0. The minimum Gasteiger partial charge on any atom is -0.349 e. The molecule has 116 valence electrons. The largest absolute Gasteiger partial charge is 0.349 e. The maximum Gasteiger partial charge on any atom is 0.330 e. The molecule has 7 heteroatoms. The standard InChI is InChI=1S/C14H20N2O5/c1-4-8-6-16(13(18)15-12(8)17)11-5-9-10(20-11)7-19-14(2,3)21-9/h6,9-11H,4-5,7H2,1-3H3,(H,15,17,18)/t9-,10-,11+/m0/s1. The van der Waals surface area contributed by atoms with E-state index in [0.717, 1.165) is 0 Å². The van der Waals surface area contributed by atoms with E-state index in [-0.39, 0.29) is 17.8 Å². The Hall–Kier alpha value is -1.44. The zero-order valence-electron chi connectivity index (χ0n) is 12.4. The number of nitrogens with one attached hydrogen (secondary N) is 1. The van der Waals surface area contributed by atoms with E-state index in [1.54, 1.807) is 6.20 Å². The van der Waals surface area contributed by atoms with Crippen LogP contribution in [0.2, 0.25) is 0 Å². The normalized spacial score (nSPS) is 31.1. The van der Waals surface area contributed by atoms with Gasteiger partial charge in [0.05, 0.1) is 12.7 Å². The molecule has 2 fully saturated rings. The van der Waals surface area contributed by atoms with Gasteiger partial charge in [-0.1, -0.05) is 6.92 Å². The minimum absolute atomic E-state index is 0.109. The Balaban J connectivity index is 1.87. The first-order valence-electron chi connectivity index (χ1n) is 7.21. The summed E-state index contributed by atoms with van der Waals surface area (Å²) in [5.74, 6) is -0.635. The lowest BCUT2D eigenvalue weighted by atomic mass is 10.1. The van der Waals surface area contributed by atoms with Gasteiger partial charge >= 0.3 is 5.69 Å². The zero-order chi connectivity index (χ0) is 15.2. The molecule has 21 heavy (non-hydrogen) atoms. The van der Waals surface area contributed by atoms with E-state index in [4.69, 9.17) is 14.2 Å². The van der Waals surface area contributed by atoms with E-state index >= 15 is 0 Å². The third-order valence-electron chi connectivity index (χ3n) is 3.94. The van der Waals surface area contributed by atoms with Gasteiger partial charge in [0, 0.05) is 18.2 Å². The van der Waals surface area contributed by atoms with Crippen molar-refractivity contribution in [3.63, 3.8) is 0 Å². The van der Waals surface area contributed by atoms with Gasteiger partial charge in [-0.3, -0.25) is 14.3 Å².